The Morgan fingerprint density at radius 1 is 1.05 bits per heavy atom. The summed E-state index contributed by atoms with van der Waals surface area (Å²) in [7, 11) is 0. The van der Waals surface area contributed by atoms with Crippen LogP contribution in [0.3, 0.4) is 0 Å². The van der Waals surface area contributed by atoms with Crippen molar-refractivity contribution in [2.75, 3.05) is 0 Å². The van der Waals surface area contributed by atoms with E-state index in [0.29, 0.717) is 17.0 Å². The molecule has 2 fully saturated rings. The van der Waals surface area contributed by atoms with E-state index in [4.69, 9.17) is 11.6 Å². The van der Waals surface area contributed by atoms with Gasteiger partial charge in [0.15, 0.2) is 5.65 Å². The lowest BCUT2D eigenvalue weighted by Crippen LogP contribution is -1.96. The van der Waals surface area contributed by atoms with Crippen LogP contribution in [0.4, 0.5) is 0 Å². The maximum Gasteiger partial charge on any atom is 0.157 e. The van der Waals surface area contributed by atoms with Crippen molar-refractivity contribution in [2.24, 2.45) is 0 Å². The molecule has 3 nitrogen and oxygen atoms in total. The average Bonchev–Trinajstić information content (AvgIpc) is 3.43. The monoisotopic (exact) mass is 309 g/mol. The topological polar surface area (TPSA) is 30.2 Å². The highest BCUT2D eigenvalue weighted by atomic mass is 35.5. The van der Waals surface area contributed by atoms with E-state index in [1.54, 1.807) is 10.7 Å². The van der Waals surface area contributed by atoms with Gasteiger partial charge in [-0.3, -0.25) is 0 Å². The molecule has 2 aromatic heterocycles. The first-order valence-corrected chi connectivity index (χ1v) is 8.27. The number of fused-ring (bicyclic) bond motifs is 1. The van der Waals surface area contributed by atoms with Crippen LogP contribution >= 0.6 is 11.6 Å². The second-order valence-corrected chi connectivity index (χ2v) is 6.89. The van der Waals surface area contributed by atoms with Crippen molar-refractivity contribution in [1.29, 1.82) is 0 Å². The lowest BCUT2D eigenvalue weighted by molar-refractivity contribution is 0.905. The fraction of sp³-hybridized carbons (Fsp3) is 0.333. The Hall–Kier alpha value is -1.87. The fourth-order valence-electron chi connectivity index (χ4n) is 3.52. The van der Waals surface area contributed by atoms with Gasteiger partial charge in [-0.05, 0) is 54.2 Å². The van der Waals surface area contributed by atoms with E-state index in [1.807, 2.05) is 12.3 Å². The van der Waals surface area contributed by atoms with Crippen LogP contribution in [-0.2, 0) is 0 Å². The SMILES string of the molecule is Clc1cc([C@H]2C[C@@H]2c2ccc(C3CC3)cc2)c2nccn2n1. The van der Waals surface area contributed by atoms with E-state index in [0.717, 1.165) is 11.6 Å². The van der Waals surface area contributed by atoms with Crippen molar-refractivity contribution in [3.8, 4) is 0 Å². The number of hydrogen-bond acceptors (Lipinski definition) is 2. The first kappa shape index (κ1) is 12.7. The Bertz CT molecular complexity index is 848. The summed E-state index contributed by atoms with van der Waals surface area (Å²) < 4.78 is 1.78. The van der Waals surface area contributed by atoms with Crippen molar-refractivity contribution in [3.05, 3.63) is 64.6 Å². The van der Waals surface area contributed by atoms with Crippen LogP contribution < -0.4 is 0 Å². The Balaban J connectivity index is 1.46. The maximum atomic E-state index is 6.15. The molecule has 3 aromatic rings. The zero-order valence-corrected chi connectivity index (χ0v) is 12.9. The molecule has 2 heterocycles. The molecule has 2 aliphatic carbocycles. The quantitative estimate of drug-likeness (QED) is 0.711. The van der Waals surface area contributed by atoms with Crippen LogP contribution in [0.5, 0.6) is 0 Å². The summed E-state index contributed by atoms with van der Waals surface area (Å²) in [6.07, 6.45) is 7.53. The molecule has 4 heteroatoms. The van der Waals surface area contributed by atoms with Crippen LogP contribution in [0.25, 0.3) is 5.65 Å². The van der Waals surface area contributed by atoms with Crippen LogP contribution in [0.15, 0.2) is 42.7 Å². The summed E-state index contributed by atoms with van der Waals surface area (Å²) in [5.74, 6) is 1.93. The molecule has 1 aromatic carbocycles. The average molecular weight is 310 g/mol. The number of hydrogen-bond donors (Lipinski definition) is 0. The van der Waals surface area contributed by atoms with Crippen LogP contribution in [0.2, 0.25) is 5.15 Å². The number of aromatic nitrogens is 3. The zero-order chi connectivity index (χ0) is 14.7. The van der Waals surface area contributed by atoms with Crippen molar-refractivity contribution < 1.29 is 0 Å². The molecule has 0 radical (unpaired) electrons. The van der Waals surface area contributed by atoms with Crippen LogP contribution in [-0.4, -0.2) is 14.6 Å². The summed E-state index contributed by atoms with van der Waals surface area (Å²) >= 11 is 6.15. The molecule has 5 rings (SSSR count). The molecule has 2 aliphatic rings. The number of halogens is 1. The smallest absolute Gasteiger partial charge is 0.157 e. The van der Waals surface area contributed by atoms with Gasteiger partial charge in [0.05, 0.1) is 0 Å². The highest BCUT2D eigenvalue weighted by Gasteiger charge is 2.41. The minimum absolute atomic E-state index is 0.511. The lowest BCUT2D eigenvalue weighted by atomic mass is 10.0. The minimum atomic E-state index is 0.511. The number of nitrogens with zero attached hydrogens (tertiary/aromatic N) is 3. The predicted molar refractivity (Wildman–Crippen MR) is 86.5 cm³/mol. The summed E-state index contributed by atoms with van der Waals surface area (Å²) in [4.78, 5) is 4.44. The molecule has 0 amide bonds. The highest BCUT2D eigenvalue weighted by molar-refractivity contribution is 6.29. The highest BCUT2D eigenvalue weighted by Crippen LogP contribution is 2.55. The third kappa shape index (κ3) is 2.03. The van der Waals surface area contributed by atoms with E-state index in [9.17, 15) is 0 Å². The molecule has 0 N–H and O–H groups in total. The maximum absolute atomic E-state index is 6.15. The molecule has 110 valence electrons. The van der Waals surface area contributed by atoms with E-state index in [-0.39, 0.29) is 0 Å². The molecule has 0 spiro atoms. The van der Waals surface area contributed by atoms with Gasteiger partial charge in [-0.15, -0.1) is 0 Å². The van der Waals surface area contributed by atoms with Gasteiger partial charge in [-0.25, -0.2) is 9.50 Å². The number of rotatable bonds is 3. The second-order valence-electron chi connectivity index (χ2n) is 6.51. The van der Waals surface area contributed by atoms with Gasteiger partial charge in [-0.1, -0.05) is 35.9 Å². The van der Waals surface area contributed by atoms with E-state index >= 15 is 0 Å². The molecule has 22 heavy (non-hydrogen) atoms. The fourth-order valence-corrected chi connectivity index (χ4v) is 3.72. The number of imidazole rings is 1. The standard InChI is InChI=1S/C18H16ClN3/c19-17-10-16(18-20-7-8-22(18)21-17)15-9-14(15)13-5-3-12(4-6-13)11-1-2-11/h3-8,10-11,14-15H,1-2,9H2/t14-,15+/m1/s1. The van der Waals surface area contributed by atoms with E-state index < -0.39 is 0 Å². The normalized spacial score (nSPS) is 23.9. The van der Waals surface area contributed by atoms with Crippen molar-refractivity contribution in [2.45, 2.75) is 37.0 Å². The lowest BCUT2D eigenvalue weighted by Gasteiger charge is -2.05. The van der Waals surface area contributed by atoms with Gasteiger partial charge in [0.2, 0.25) is 0 Å². The third-order valence-corrected chi connectivity index (χ3v) is 5.15. The summed E-state index contributed by atoms with van der Waals surface area (Å²) in [5, 5.41) is 4.80. The van der Waals surface area contributed by atoms with Gasteiger partial charge in [0, 0.05) is 18.0 Å². The van der Waals surface area contributed by atoms with Gasteiger partial charge in [0.1, 0.15) is 5.15 Å². The first-order valence-electron chi connectivity index (χ1n) is 7.89. The van der Waals surface area contributed by atoms with Crippen LogP contribution in [0.1, 0.15) is 53.7 Å². The third-order valence-electron chi connectivity index (χ3n) is 4.96. The van der Waals surface area contributed by atoms with Crippen molar-refractivity contribution in [3.63, 3.8) is 0 Å². The molecule has 0 saturated heterocycles. The molecule has 0 unspecified atom stereocenters. The minimum Gasteiger partial charge on any atom is -0.235 e. The van der Waals surface area contributed by atoms with Crippen molar-refractivity contribution in [1.82, 2.24) is 14.6 Å². The van der Waals surface area contributed by atoms with Crippen molar-refractivity contribution >= 4 is 17.2 Å². The van der Waals surface area contributed by atoms with Gasteiger partial charge in [-0.2, -0.15) is 5.10 Å². The molecule has 0 aliphatic heterocycles. The summed E-state index contributed by atoms with van der Waals surface area (Å²) in [6.45, 7) is 0. The van der Waals surface area contributed by atoms with E-state index in [1.165, 1.54) is 36.0 Å². The Labute approximate surface area is 133 Å². The zero-order valence-electron chi connectivity index (χ0n) is 12.1. The molecular weight excluding hydrogens is 294 g/mol. The molecule has 2 saturated carbocycles. The Morgan fingerprint density at radius 3 is 2.59 bits per heavy atom. The second kappa shape index (κ2) is 4.56. The Morgan fingerprint density at radius 2 is 1.82 bits per heavy atom. The number of benzene rings is 1. The van der Waals surface area contributed by atoms with Gasteiger partial charge < -0.3 is 0 Å². The van der Waals surface area contributed by atoms with Crippen LogP contribution in [0, 0.1) is 0 Å². The Kier molecular flexibility index (Phi) is 2.62. The first-order chi connectivity index (χ1) is 10.8. The molecular formula is C18H16ClN3. The molecule has 0 bridgehead atoms. The van der Waals surface area contributed by atoms with Gasteiger partial charge in [0.25, 0.3) is 0 Å². The van der Waals surface area contributed by atoms with E-state index in [2.05, 4.69) is 34.3 Å². The predicted octanol–water partition coefficient (Wildman–Crippen LogP) is 4.53. The van der Waals surface area contributed by atoms with Gasteiger partial charge >= 0.3 is 0 Å². The summed E-state index contributed by atoms with van der Waals surface area (Å²) in [5.41, 5.74) is 5.10. The molecule has 2 atom stereocenters. The summed E-state index contributed by atoms with van der Waals surface area (Å²) in [6, 6.07) is 11.2. The largest absolute Gasteiger partial charge is 0.235 e.